The van der Waals surface area contributed by atoms with Crippen LogP contribution in [0.5, 0.6) is 11.5 Å². The van der Waals surface area contributed by atoms with E-state index in [0.29, 0.717) is 47.3 Å². The van der Waals surface area contributed by atoms with E-state index in [1.165, 1.54) is 13.2 Å². The van der Waals surface area contributed by atoms with Crippen molar-refractivity contribution in [2.24, 2.45) is 0 Å². The van der Waals surface area contributed by atoms with E-state index in [0.717, 1.165) is 4.90 Å². The summed E-state index contributed by atoms with van der Waals surface area (Å²) >= 11 is 0. The number of hydrogen-bond donors (Lipinski definition) is 0. The van der Waals surface area contributed by atoms with Crippen LogP contribution >= 0.6 is 0 Å². The number of halogens is 3. The Hall–Kier alpha value is -4.35. The smallest absolute Gasteiger partial charge is 0.406 e. The van der Waals surface area contributed by atoms with Gasteiger partial charge in [0.1, 0.15) is 30.1 Å². The van der Waals surface area contributed by atoms with Crippen molar-refractivity contribution < 1.29 is 31.9 Å². The van der Waals surface area contributed by atoms with Crippen molar-refractivity contribution in [1.29, 1.82) is 0 Å². The van der Waals surface area contributed by atoms with Gasteiger partial charge in [0.2, 0.25) is 5.91 Å². The molecule has 202 valence electrons. The zero-order valence-electron chi connectivity index (χ0n) is 21.2. The average molecular weight is 540 g/mol. The Morgan fingerprint density at radius 2 is 1.97 bits per heavy atom. The number of hydrogen-bond acceptors (Lipinski definition) is 7. The topological polar surface area (TPSA) is 95.5 Å². The summed E-state index contributed by atoms with van der Waals surface area (Å²) in [5, 5.41) is 8.76. The summed E-state index contributed by atoms with van der Waals surface area (Å²) in [6.07, 6.45) is -2.20. The summed E-state index contributed by atoms with van der Waals surface area (Å²) in [7, 11) is 1.54. The standard InChI is InChI=1S/C27H24F3N5O4/c1-16-31-13-22(39-16)18-9-8-17(12-21(18)37-2)23-32-33-24-26(10-5-11-34(23)24)15-38-20-7-4-3-6-19(20)35(25(26)36)14-27(28,29)30/h3-4,6-9,12-13H,5,10-11,14-15H2,1-2H3. The molecule has 0 saturated carbocycles. The van der Waals surface area contributed by atoms with Gasteiger partial charge in [-0.1, -0.05) is 18.2 Å². The van der Waals surface area contributed by atoms with Crippen LogP contribution in [0.25, 0.3) is 22.7 Å². The maximum Gasteiger partial charge on any atom is 0.406 e. The molecule has 2 aliphatic heterocycles. The van der Waals surface area contributed by atoms with Gasteiger partial charge >= 0.3 is 6.18 Å². The lowest BCUT2D eigenvalue weighted by Crippen LogP contribution is -2.54. The maximum absolute atomic E-state index is 14.0. The number of aryl methyl sites for hydroxylation is 1. The van der Waals surface area contributed by atoms with E-state index in [9.17, 15) is 18.0 Å². The van der Waals surface area contributed by atoms with Crippen LogP contribution in [0.15, 0.2) is 53.1 Å². The van der Waals surface area contributed by atoms with Gasteiger partial charge in [-0.25, -0.2) is 4.98 Å². The second-order valence-corrected chi connectivity index (χ2v) is 9.61. The van der Waals surface area contributed by atoms with E-state index in [1.54, 1.807) is 42.0 Å². The number of para-hydroxylation sites is 2. The molecular formula is C27H24F3N5O4. The highest BCUT2D eigenvalue weighted by Crippen LogP contribution is 2.44. The van der Waals surface area contributed by atoms with Crippen molar-refractivity contribution in [1.82, 2.24) is 19.7 Å². The van der Waals surface area contributed by atoms with Gasteiger partial charge in [0.05, 0.1) is 24.6 Å². The molecule has 0 aliphatic carbocycles. The van der Waals surface area contributed by atoms with Gasteiger partial charge in [-0.15, -0.1) is 10.2 Å². The number of aromatic nitrogens is 4. The quantitative estimate of drug-likeness (QED) is 0.363. The second kappa shape index (κ2) is 9.14. The molecule has 0 fully saturated rings. The highest BCUT2D eigenvalue weighted by Gasteiger charge is 2.53. The molecule has 0 bridgehead atoms. The number of ether oxygens (including phenoxy) is 2. The molecule has 12 heteroatoms. The molecule has 2 aromatic heterocycles. The lowest BCUT2D eigenvalue weighted by Gasteiger charge is -2.36. The third kappa shape index (κ3) is 4.19. The first-order valence-corrected chi connectivity index (χ1v) is 12.4. The molecule has 2 aromatic carbocycles. The zero-order valence-corrected chi connectivity index (χ0v) is 21.2. The first kappa shape index (κ1) is 25.0. The largest absolute Gasteiger partial charge is 0.496 e. The Bertz CT molecular complexity index is 1560. The van der Waals surface area contributed by atoms with Gasteiger partial charge in [-0.2, -0.15) is 13.2 Å². The van der Waals surface area contributed by atoms with Gasteiger partial charge in [-0.05, 0) is 37.1 Å². The van der Waals surface area contributed by atoms with Crippen LogP contribution in [-0.2, 0) is 16.8 Å². The summed E-state index contributed by atoms with van der Waals surface area (Å²) in [6, 6.07) is 11.7. The number of amides is 1. The lowest BCUT2D eigenvalue weighted by molar-refractivity contribution is -0.137. The van der Waals surface area contributed by atoms with E-state index >= 15 is 0 Å². The van der Waals surface area contributed by atoms with Gasteiger partial charge in [0, 0.05) is 19.0 Å². The lowest BCUT2D eigenvalue weighted by atomic mass is 9.79. The first-order chi connectivity index (χ1) is 18.7. The Morgan fingerprint density at radius 3 is 2.72 bits per heavy atom. The van der Waals surface area contributed by atoms with Crippen LogP contribution in [0.1, 0.15) is 24.6 Å². The minimum atomic E-state index is -4.61. The molecule has 1 spiro atoms. The number of benzene rings is 2. The van der Waals surface area contributed by atoms with Crippen LogP contribution in [0.2, 0.25) is 0 Å². The van der Waals surface area contributed by atoms with E-state index in [1.807, 2.05) is 12.1 Å². The SMILES string of the molecule is COc1cc(-c2nnc3n2CCCC32COc3ccccc3N(CC(F)(F)F)C2=O)ccc1-c1cnc(C)o1. The fourth-order valence-electron chi connectivity index (χ4n) is 5.36. The summed E-state index contributed by atoms with van der Waals surface area (Å²) in [4.78, 5) is 18.9. The molecule has 0 saturated heterocycles. The van der Waals surface area contributed by atoms with Crippen molar-refractivity contribution in [3.8, 4) is 34.2 Å². The summed E-state index contributed by atoms with van der Waals surface area (Å²) < 4.78 is 60.0. The summed E-state index contributed by atoms with van der Waals surface area (Å²) in [5.74, 6) is 1.84. The number of oxazole rings is 1. The highest BCUT2D eigenvalue weighted by atomic mass is 19.4. The van der Waals surface area contributed by atoms with Crippen LogP contribution in [0.4, 0.5) is 18.9 Å². The number of carbonyl (C=O) groups is 1. The molecule has 2 aliphatic rings. The summed E-state index contributed by atoms with van der Waals surface area (Å²) in [5.41, 5.74) is 0.0102. The van der Waals surface area contributed by atoms with E-state index in [-0.39, 0.29) is 30.3 Å². The van der Waals surface area contributed by atoms with Crippen molar-refractivity contribution in [2.75, 3.05) is 25.2 Å². The van der Waals surface area contributed by atoms with E-state index in [4.69, 9.17) is 13.9 Å². The number of methoxy groups -OCH3 is 1. The monoisotopic (exact) mass is 539 g/mol. The Labute approximate surface area is 221 Å². The van der Waals surface area contributed by atoms with E-state index in [2.05, 4.69) is 15.2 Å². The molecule has 1 unspecified atom stereocenters. The van der Waals surface area contributed by atoms with Crippen LogP contribution in [0, 0.1) is 6.92 Å². The fourth-order valence-corrected chi connectivity index (χ4v) is 5.36. The number of rotatable bonds is 4. The van der Waals surface area contributed by atoms with E-state index < -0.39 is 24.0 Å². The van der Waals surface area contributed by atoms with Crippen LogP contribution in [-0.4, -0.2) is 52.1 Å². The minimum absolute atomic E-state index is 0.0801. The zero-order chi connectivity index (χ0) is 27.4. The average Bonchev–Trinajstić information content (AvgIpc) is 3.54. The third-order valence-electron chi connectivity index (χ3n) is 7.13. The predicted octanol–water partition coefficient (Wildman–Crippen LogP) is 4.94. The molecule has 9 nitrogen and oxygen atoms in total. The van der Waals surface area contributed by atoms with Gasteiger partial charge in [-0.3, -0.25) is 9.69 Å². The van der Waals surface area contributed by atoms with Crippen LogP contribution in [0.3, 0.4) is 0 Å². The van der Waals surface area contributed by atoms with Crippen LogP contribution < -0.4 is 14.4 Å². The number of fused-ring (bicyclic) bond motifs is 3. The molecule has 1 atom stereocenters. The number of anilines is 1. The number of carbonyl (C=O) groups excluding carboxylic acids is 1. The van der Waals surface area contributed by atoms with Gasteiger partial charge < -0.3 is 18.5 Å². The molecule has 4 heterocycles. The fraction of sp³-hybridized carbons (Fsp3) is 0.333. The first-order valence-electron chi connectivity index (χ1n) is 12.4. The van der Waals surface area contributed by atoms with Crippen molar-refractivity contribution in [2.45, 2.75) is 37.9 Å². The Morgan fingerprint density at radius 1 is 1.15 bits per heavy atom. The number of alkyl halides is 3. The molecule has 39 heavy (non-hydrogen) atoms. The van der Waals surface area contributed by atoms with Crippen molar-refractivity contribution in [3.05, 3.63) is 60.4 Å². The molecule has 4 aromatic rings. The second-order valence-electron chi connectivity index (χ2n) is 9.61. The maximum atomic E-state index is 14.0. The molecular weight excluding hydrogens is 515 g/mol. The van der Waals surface area contributed by atoms with Crippen molar-refractivity contribution >= 4 is 11.6 Å². The summed E-state index contributed by atoms with van der Waals surface area (Å²) in [6.45, 7) is 0.650. The molecule has 0 N–H and O–H groups in total. The molecule has 0 radical (unpaired) electrons. The molecule has 6 rings (SSSR count). The highest BCUT2D eigenvalue weighted by molar-refractivity contribution is 6.03. The van der Waals surface area contributed by atoms with Gasteiger partial charge in [0.15, 0.2) is 23.3 Å². The molecule has 1 amide bonds. The van der Waals surface area contributed by atoms with Gasteiger partial charge in [0.25, 0.3) is 0 Å². The third-order valence-corrected chi connectivity index (χ3v) is 7.13. The normalized spacial score (nSPS) is 18.9. The Balaban J connectivity index is 1.43. The van der Waals surface area contributed by atoms with Crippen molar-refractivity contribution in [3.63, 3.8) is 0 Å². The minimum Gasteiger partial charge on any atom is -0.496 e. The Kier molecular flexibility index (Phi) is 5.85. The number of nitrogens with zero attached hydrogens (tertiary/aromatic N) is 5. The predicted molar refractivity (Wildman–Crippen MR) is 134 cm³/mol.